The first-order valence-electron chi connectivity index (χ1n) is 17.4. The van der Waals surface area contributed by atoms with Crippen molar-refractivity contribution >= 4 is 136 Å². The number of hydrogen-bond acceptors (Lipinski definition) is 0. The van der Waals surface area contributed by atoms with Crippen LogP contribution in [0.4, 0.5) is 0 Å². The van der Waals surface area contributed by atoms with E-state index in [0.717, 1.165) is 49.7 Å². The minimum atomic E-state index is 0.203. The van der Waals surface area contributed by atoms with E-state index in [2.05, 4.69) is 78.9 Å². The minimum absolute atomic E-state index is 0.203. The van der Waals surface area contributed by atoms with Gasteiger partial charge in [0.05, 0.1) is 0 Å². The average Bonchev–Trinajstić information content (AvgIpc) is 3.20. The number of fused-ring (bicyclic) bond motifs is 4. The van der Waals surface area contributed by atoms with Crippen molar-refractivity contribution in [3.8, 4) is 44.5 Å². The van der Waals surface area contributed by atoms with Gasteiger partial charge in [-0.25, -0.2) is 0 Å². The zero-order chi connectivity index (χ0) is 36.5. The molecule has 0 aromatic heterocycles. The van der Waals surface area contributed by atoms with E-state index in [-0.39, 0.29) is 10.9 Å². The lowest BCUT2D eigenvalue weighted by Crippen LogP contribution is -2.48. The lowest BCUT2D eigenvalue weighted by molar-refractivity contribution is 1.63. The maximum absolute atomic E-state index is 7.38. The van der Waals surface area contributed by atoms with Gasteiger partial charge in [-0.15, -0.1) is 10.9 Å². The zero-order valence-electron chi connectivity index (χ0n) is 28.8. The summed E-state index contributed by atoms with van der Waals surface area (Å²) in [5.41, 5.74) is 9.05. The molecular weight excluding hydrogens is 628 g/mol. The summed E-state index contributed by atoms with van der Waals surface area (Å²) in [6.07, 6.45) is 0. The predicted molar refractivity (Wildman–Crippen MR) is 236 cm³/mol. The van der Waals surface area contributed by atoms with Crippen LogP contribution in [-0.2, 0) is 0 Å². The maximum Gasteiger partial charge on any atom is 0.115 e. The molecule has 14 radical (unpaired) electrons. The molecule has 0 bridgehead atoms. The van der Waals surface area contributed by atoms with E-state index in [1.165, 1.54) is 10.8 Å². The van der Waals surface area contributed by atoms with Gasteiger partial charge in [0.1, 0.15) is 54.9 Å². The van der Waals surface area contributed by atoms with Gasteiger partial charge in [-0.05, 0) is 93.7 Å². The molecule has 0 saturated heterocycles. The molecule has 0 atom stereocenters. The Morgan fingerprint density at radius 2 is 0.755 bits per heavy atom. The van der Waals surface area contributed by atoms with Gasteiger partial charge in [0.2, 0.25) is 0 Å². The van der Waals surface area contributed by atoms with Crippen LogP contribution in [0.25, 0.3) is 87.6 Å². The van der Waals surface area contributed by atoms with Crippen molar-refractivity contribution in [1.29, 1.82) is 0 Å². The summed E-state index contributed by atoms with van der Waals surface area (Å²) >= 11 is 0. The van der Waals surface area contributed by atoms with Crippen LogP contribution >= 0.6 is 0 Å². The fourth-order valence-corrected chi connectivity index (χ4v) is 8.04. The van der Waals surface area contributed by atoms with Gasteiger partial charge in [-0.2, -0.15) is 0 Å². The van der Waals surface area contributed by atoms with Gasteiger partial charge >= 0.3 is 0 Å². The molecule has 0 saturated carbocycles. The van der Waals surface area contributed by atoms with E-state index in [4.69, 9.17) is 54.9 Å². The van der Waals surface area contributed by atoms with Crippen LogP contribution in [0.3, 0.4) is 0 Å². The number of benzene rings is 9. The van der Waals surface area contributed by atoms with Gasteiger partial charge in [-0.3, -0.25) is 0 Å². The molecule has 0 spiro atoms. The summed E-state index contributed by atoms with van der Waals surface area (Å²) in [6.45, 7) is 0. The van der Waals surface area contributed by atoms with E-state index in [1.807, 2.05) is 60.7 Å². The molecule has 0 N–H and O–H groups in total. The molecule has 0 aliphatic carbocycles. The summed E-state index contributed by atoms with van der Waals surface area (Å²) in [5, 5.41) is 7.00. The minimum Gasteiger partial charge on any atom is -0.110 e. The van der Waals surface area contributed by atoms with E-state index in [1.54, 1.807) is 0 Å². The van der Waals surface area contributed by atoms with Crippen LogP contribution in [0.1, 0.15) is 0 Å². The molecule has 0 aliphatic heterocycles. The molecule has 0 amide bonds. The third kappa shape index (κ3) is 5.16. The second-order valence-corrected chi connectivity index (χ2v) is 13.6. The Balaban J connectivity index is 1.47. The topological polar surface area (TPSA) is 0 Å². The van der Waals surface area contributed by atoms with Gasteiger partial charge in [0.25, 0.3) is 0 Å². The summed E-state index contributed by atoms with van der Waals surface area (Å²) < 4.78 is 0. The van der Waals surface area contributed by atoms with Crippen molar-refractivity contribution in [1.82, 2.24) is 0 Å². The first-order valence-corrected chi connectivity index (χ1v) is 17.4. The lowest BCUT2D eigenvalue weighted by Gasteiger charge is -2.29. The van der Waals surface area contributed by atoms with Crippen molar-refractivity contribution < 1.29 is 0 Å². The monoisotopic (exact) mass is 652 g/mol. The third-order valence-corrected chi connectivity index (χ3v) is 10.7. The van der Waals surface area contributed by atoms with E-state index < -0.39 is 0 Å². The normalized spacial score (nSPS) is 11.5. The van der Waals surface area contributed by atoms with E-state index in [0.29, 0.717) is 54.4 Å². The largest absolute Gasteiger partial charge is 0.115 e. The molecule has 9 rings (SSSR count). The SMILES string of the molecule is [B]c1c([B])c([B])c2c(-c3cccc4ccccc34)c3c([B])c([B])c(-c4ccccc4)c([B])c3c(-c3ccc(-c4ccc5ccccc5c4)cc3)c2c1[B]. The number of hydrogen-bond donors (Lipinski definition) is 0. The lowest BCUT2D eigenvalue weighted by atomic mass is 9.60. The highest BCUT2D eigenvalue weighted by Crippen LogP contribution is 2.43. The van der Waals surface area contributed by atoms with Crippen molar-refractivity contribution in [3.63, 3.8) is 0 Å². The average molecular weight is 651 g/mol. The quantitative estimate of drug-likeness (QED) is 0.194. The highest BCUT2D eigenvalue weighted by Gasteiger charge is 2.26. The predicted octanol–water partition coefficient (Wildman–Crippen LogP) is 4.52. The molecule has 9 aromatic rings. The molecule has 0 nitrogen and oxygen atoms in total. The van der Waals surface area contributed by atoms with Gasteiger partial charge in [-0.1, -0.05) is 161 Å². The Hall–Kier alpha value is -5.53. The second kappa shape index (κ2) is 12.9. The standard InChI is InChI=1S/C46H23B7/c47-40-34(27-11-2-1-3-12-27)41(48)42(49)38-35(32-16-8-14-26-10-6-7-15-31(26)32)39-37(43(50)45(52)46(53)44(39)51)33(36(38)40)28-20-17-25(18-21-28)30-22-19-24-9-4-5-13-29(24)23-30/h1-23H. The Morgan fingerprint density at radius 3 is 1.45 bits per heavy atom. The van der Waals surface area contributed by atoms with Crippen LogP contribution in [0.5, 0.6) is 0 Å². The van der Waals surface area contributed by atoms with Crippen molar-refractivity contribution in [2.45, 2.75) is 0 Å². The van der Waals surface area contributed by atoms with Crippen molar-refractivity contribution in [2.75, 3.05) is 0 Å². The maximum atomic E-state index is 7.38. The van der Waals surface area contributed by atoms with Crippen LogP contribution in [0.15, 0.2) is 140 Å². The van der Waals surface area contributed by atoms with Crippen LogP contribution in [-0.4, -0.2) is 54.9 Å². The van der Waals surface area contributed by atoms with Gasteiger partial charge < -0.3 is 0 Å². The summed E-state index contributed by atoms with van der Waals surface area (Å²) in [7, 11) is 49.0. The first-order chi connectivity index (χ1) is 25.7. The molecular formula is C46H23B7. The summed E-state index contributed by atoms with van der Waals surface area (Å²) in [4.78, 5) is 0. The molecule has 0 fully saturated rings. The zero-order valence-corrected chi connectivity index (χ0v) is 28.8. The summed E-state index contributed by atoms with van der Waals surface area (Å²) in [6, 6.07) is 47.2. The Morgan fingerprint density at radius 1 is 0.264 bits per heavy atom. The van der Waals surface area contributed by atoms with Crippen LogP contribution in [0, 0.1) is 0 Å². The van der Waals surface area contributed by atoms with Crippen molar-refractivity contribution in [3.05, 3.63) is 140 Å². The Labute approximate surface area is 318 Å². The van der Waals surface area contributed by atoms with Gasteiger partial charge in [0, 0.05) is 0 Å². The smallest absolute Gasteiger partial charge is 0.110 e. The molecule has 0 unspecified atom stereocenters. The Bertz CT molecular complexity index is 2950. The number of rotatable bonds is 4. The highest BCUT2D eigenvalue weighted by molar-refractivity contribution is 6.69. The summed E-state index contributed by atoms with van der Waals surface area (Å²) in [5.74, 6) is 0. The van der Waals surface area contributed by atoms with E-state index >= 15 is 0 Å². The molecule has 9 aromatic carbocycles. The molecule has 0 aliphatic rings. The molecule has 228 valence electrons. The Kier molecular flexibility index (Phi) is 8.08. The second-order valence-electron chi connectivity index (χ2n) is 13.6. The molecule has 0 heterocycles. The first kappa shape index (κ1) is 33.3. The molecule has 53 heavy (non-hydrogen) atoms. The fraction of sp³-hybridized carbons (Fsp3) is 0. The van der Waals surface area contributed by atoms with Gasteiger partial charge in [0.15, 0.2) is 0 Å². The third-order valence-electron chi connectivity index (χ3n) is 10.7. The highest BCUT2D eigenvalue weighted by atomic mass is 14.3. The fourth-order valence-electron chi connectivity index (χ4n) is 8.04. The van der Waals surface area contributed by atoms with Crippen LogP contribution in [0.2, 0.25) is 0 Å². The molecule has 7 heteroatoms. The van der Waals surface area contributed by atoms with E-state index in [9.17, 15) is 0 Å². The van der Waals surface area contributed by atoms with Crippen molar-refractivity contribution in [2.24, 2.45) is 0 Å². The van der Waals surface area contributed by atoms with Crippen LogP contribution < -0.4 is 38.2 Å².